The zero-order chi connectivity index (χ0) is 14.1. The molecule has 5 heteroatoms. The highest BCUT2D eigenvalue weighted by molar-refractivity contribution is 6.40. The summed E-state index contributed by atoms with van der Waals surface area (Å²) in [6.07, 6.45) is 2.31. The van der Waals surface area contributed by atoms with Crippen molar-refractivity contribution in [3.63, 3.8) is 0 Å². The van der Waals surface area contributed by atoms with E-state index in [0.29, 0.717) is 19.1 Å². The van der Waals surface area contributed by atoms with Crippen LogP contribution in [0.2, 0.25) is 0 Å². The Bertz CT molecular complexity index is 538. The van der Waals surface area contributed by atoms with Gasteiger partial charge in [-0.25, -0.2) is 0 Å². The molecule has 0 bridgehead atoms. The fourth-order valence-corrected chi connectivity index (χ4v) is 2.86. The first-order valence-corrected chi connectivity index (χ1v) is 7.07. The summed E-state index contributed by atoms with van der Waals surface area (Å²) >= 11 is 0. The average Bonchev–Trinajstić information content (AvgIpc) is 2.99. The van der Waals surface area contributed by atoms with E-state index >= 15 is 0 Å². The summed E-state index contributed by atoms with van der Waals surface area (Å²) in [6.45, 7) is 2.18. The Kier molecular flexibility index (Phi) is 3.44. The molecule has 0 saturated carbocycles. The largest absolute Gasteiger partial charge is 0.336 e. The van der Waals surface area contributed by atoms with Crippen molar-refractivity contribution in [2.45, 2.75) is 18.9 Å². The van der Waals surface area contributed by atoms with Crippen molar-refractivity contribution < 1.29 is 9.59 Å². The number of amides is 2. The van der Waals surface area contributed by atoms with E-state index in [1.54, 1.807) is 11.9 Å². The van der Waals surface area contributed by atoms with E-state index in [4.69, 9.17) is 0 Å². The van der Waals surface area contributed by atoms with Gasteiger partial charge >= 0.3 is 11.8 Å². The van der Waals surface area contributed by atoms with Crippen LogP contribution in [-0.2, 0) is 9.59 Å². The molecule has 5 nitrogen and oxygen atoms in total. The fourth-order valence-electron chi connectivity index (χ4n) is 2.86. The van der Waals surface area contributed by atoms with E-state index in [-0.39, 0.29) is 0 Å². The summed E-state index contributed by atoms with van der Waals surface area (Å²) in [7, 11) is 1.66. The van der Waals surface area contributed by atoms with Crippen LogP contribution in [0, 0.1) is 0 Å². The number of nitrogens with zero attached hydrogens (tertiary/aromatic N) is 2. The number of hydrogen-bond donors (Lipinski definition) is 1. The lowest BCUT2D eigenvalue weighted by atomic mass is 10.0. The van der Waals surface area contributed by atoms with Gasteiger partial charge in [0.15, 0.2) is 0 Å². The van der Waals surface area contributed by atoms with Gasteiger partial charge in [-0.2, -0.15) is 0 Å². The summed E-state index contributed by atoms with van der Waals surface area (Å²) in [5.41, 5.74) is 2.02. The van der Waals surface area contributed by atoms with Gasteiger partial charge in [0.2, 0.25) is 0 Å². The van der Waals surface area contributed by atoms with Crippen molar-refractivity contribution in [2.24, 2.45) is 0 Å². The number of nitrogens with one attached hydrogen (secondary N) is 1. The van der Waals surface area contributed by atoms with Crippen molar-refractivity contribution in [1.82, 2.24) is 10.2 Å². The summed E-state index contributed by atoms with van der Waals surface area (Å²) in [4.78, 5) is 26.9. The molecule has 1 aromatic rings. The molecular formula is C15H19N3O2. The van der Waals surface area contributed by atoms with E-state index in [2.05, 4.69) is 11.4 Å². The first-order chi connectivity index (χ1) is 9.66. The third-order valence-electron chi connectivity index (χ3n) is 4.08. The van der Waals surface area contributed by atoms with Crippen LogP contribution in [-0.4, -0.2) is 43.4 Å². The van der Waals surface area contributed by atoms with Crippen LogP contribution in [0.3, 0.4) is 0 Å². The number of rotatable bonds is 2. The number of carbonyl (C=O) groups excluding carboxylic acids is 2. The average molecular weight is 273 g/mol. The number of likely N-dealkylation sites (N-methyl/N-ethyl adjacent to an activating group) is 1. The van der Waals surface area contributed by atoms with Gasteiger partial charge in [0.25, 0.3) is 0 Å². The third kappa shape index (κ3) is 2.29. The zero-order valence-corrected chi connectivity index (χ0v) is 11.6. The molecule has 2 heterocycles. The molecule has 20 heavy (non-hydrogen) atoms. The van der Waals surface area contributed by atoms with Gasteiger partial charge in [-0.1, -0.05) is 12.1 Å². The monoisotopic (exact) mass is 273 g/mol. The van der Waals surface area contributed by atoms with Crippen LogP contribution in [0.5, 0.6) is 0 Å². The number of benzene rings is 1. The number of piperazine rings is 1. The highest BCUT2D eigenvalue weighted by Gasteiger charge is 2.31. The lowest BCUT2D eigenvalue weighted by Gasteiger charge is -2.31. The van der Waals surface area contributed by atoms with E-state index < -0.39 is 11.8 Å². The summed E-state index contributed by atoms with van der Waals surface area (Å²) in [5, 5.41) is 3.45. The molecule has 2 aliphatic heterocycles. The molecule has 1 atom stereocenters. The molecule has 0 aromatic heterocycles. The SMILES string of the molecule is CN1CCN(c2cccc(C3CCCN3)c2)C(=O)C1=O. The maximum Gasteiger partial charge on any atom is 0.316 e. The number of carbonyl (C=O) groups is 2. The van der Waals surface area contributed by atoms with E-state index in [1.807, 2.05) is 18.2 Å². The van der Waals surface area contributed by atoms with Crippen molar-refractivity contribution in [1.29, 1.82) is 0 Å². The molecular weight excluding hydrogens is 254 g/mol. The Labute approximate surface area is 118 Å². The molecule has 0 spiro atoms. The summed E-state index contributed by atoms with van der Waals surface area (Å²) < 4.78 is 0. The Morgan fingerprint density at radius 1 is 1.20 bits per heavy atom. The van der Waals surface area contributed by atoms with Gasteiger partial charge in [0.05, 0.1) is 0 Å². The quantitative estimate of drug-likeness (QED) is 0.815. The van der Waals surface area contributed by atoms with Gasteiger partial charge < -0.3 is 15.1 Å². The third-order valence-corrected chi connectivity index (χ3v) is 4.08. The number of anilines is 1. The second-order valence-corrected chi connectivity index (χ2v) is 5.43. The minimum Gasteiger partial charge on any atom is -0.336 e. The van der Waals surface area contributed by atoms with Crippen LogP contribution in [0.1, 0.15) is 24.4 Å². The van der Waals surface area contributed by atoms with Gasteiger partial charge in [-0.3, -0.25) is 9.59 Å². The molecule has 2 fully saturated rings. The zero-order valence-electron chi connectivity index (χ0n) is 11.6. The Hall–Kier alpha value is -1.88. The summed E-state index contributed by atoms with van der Waals surface area (Å²) in [6, 6.07) is 8.33. The van der Waals surface area contributed by atoms with E-state index in [9.17, 15) is 9.59 Å². The van der Waals surface area contributed by atoms with Gasteiger partial charge in [-0.15, -0.1) is 0 Å². The molecule has 2 aliphatic rings. The van der Waals surface area contributed by atoms with E-state index in [0.717, 1.165) is 18.7 Å². The van der Waals surface area contributed by atoms with Crippen LogP contribution in [0.25, 0.3) is 0 Å². The lowest BCUT2D eigenvalue weighted by Crippen LogP contribution is -2.53. The molecule has 106 valence electrons. The maximum atomic E-state index is 12.1. The maximum absolute atomic E-state index is 12.1. The predicted molar refractivity (Wildman–Crippen MR) is 76.4 cm³/mol. The van der Waals surface area contributed by atoms with Crippen molar-refractivity contribution >= 4 is 17.5 Å². The van der Waals surface area contributed by atoms with Gasteiger partial charge in [0, 0.05) is 31.9 Å². The molecule has 1 N–H and O–H groups in total. The standard InChI is InChI=1S/C15H19N3O2/c1-17-8-9-18(15(20)14(17)19)12-5-2-4-11(10-12)13-6-3-7-16-13/h2,4-5,10,13,16H,3,6-9H2,1H3. The highest BCUT2D eigenvalue weighted by Crippen LogP contribution is 2.27. The molecule has 0 aliphatic carbocycles. The van der Waals surface area contributed by atoms with Gasteiger partial charge in [-0.05, 0) is 37.1 Å². The Morgan fingerprint density at radius 3 is 2.80 bits per heavy atom. The molecule has 1 aromatic carbocycles. The second-order valence-electron chi connectivity index (χ2n) is 5.43. The predicted octanol–water partition coefficient (Wildman–Crippen LogP) is 0.916. The molecule has 2 saturated heterocycles. The van der Waals surface area contributed by atoms with Crippen LogP contribution < -0.4 is 10.2 Å². The normalized spacial score (nSPS) is 23.6. The Balaban J connectivity index is 1.85. The minimum absolute atomic E-state index is 0.369. The fraction of sp³-hybridized carbons (Fsp3) is 0.467. The second kappa shape index (κ2) is 5.25. The number of hydrogen-bond acceptors (Lipinski definition) is 3. The summed E-state index contributed by atoms with van der Waals surface area (Å²) in [5.74, 6) is -0.865. The van der Waals surface area contributed by atoms with Crippen LogP contribution in [0.15, 0.2) is 24.3 Å². The smallest absolute Gasteiger partial charge is 0.316 e. The van der Waals surface area contributed by atoms with Crippen molar-refractivity contribution in [3.05, 3.63) is 29.8 Å². The topological polar surface area (TPSA) is 52.6 Å². The minimum atomic E-state index is -0.435. The molecule has 1 unspecified atom stereocenters. The first-order valence-electron chi connectivity index (χ1n) is 7.07. The highest BCUT2D eigenvalue weighted by atomic mass is 16.2. The first kappa shape index (κ1) is 13.1. The van der Waals surface area contributed by atoms with Crippen LogP contribution >= 0.6 is 0 Å². The molecule has 2 amide bonds. The lowest BCUT2D eigenvalue weighted by molar-refractivity contribution is -0.145. The van der Waals surface area contributed by atoms with Gasteiger partial charge in [0.1, 0.15) is 0 Å². The Morgan fingerprint density at radius 2 is 2.05 bits per heavy atom. The molecule has 3 rings (SSSR count). The van der Waals surface area contributed by atoms with Crippen LogP contribution in [0.4, 0.5) is 5.69 Å². The molecule has 0 radical (unpaired) electrons. The van der Waals surface area contributed by atoms with E-state index in [1.165, 1.54) is 16.9 Å². The van der Waals surface area contributed by atoms with Crippen molar-refractivity contribution in [3.8, 4) is 0 Å². The van der Waals surface area contributed by atoms with Crippen molar-refractivity contribution in [2.75, 3.05) is 31.6 Å².